The van der Waals surface area contributed by atoms with Crippen LogP contribution in [0.15, 0.2) is 22.7 Å². The van der Waals surface area contributed by atoms with Crippen LogP contribution >= 0.6 is 15.9 Å². The maximum absolute atomic E-state index is 11.5. The van der Waals surface area contributed by atoms with E-state index in [9.17, 15) is 4.79 Å². The topological polar surface area (TPSA) is 81.1 Å². The lowest BCUT2D eigenvalue weighted by molar-refractivity contribution is 0.1000. The molecule has 0 saturated carbocycles. The molecule has 1 aromatic rings. The smallest absolute Gasteiger partial charge is 0.251 e. The fourth-order valence-corrected chi connectivity index (χ4v) is 2.49. The van der Waals surface area contributed by atoms with Crippen molar-refractivity contribution in [1.82, 2.24) is 0 Å². The van der Waals surface area contributed by atoms with Crippen molar-refractivity contribution >= 4 is 27.5 Å². The fourth-order valence-electron chi connectivity index (χ4n) is 1.93. The molecule has 1 rings (SSSR count). The van der Waals surface area contributed by atoms with Gasteiger partial charge in [0.1, 0.15) is 0 Å². The molecule has 0 aliphatic carbocycles. The van der Waals surface area contributed by atoms with Gasteiger partial charge in [0.05, 0.1) is 5.56 Å². The van der Waals surface area contributed by atoms with Crippen LogP contribution in [0.4, 0.5) is 5.69 Å². The first-order chi connectivity index (χ1) is 8.49. The number of nitrogens with one attached hydrogen (secondary N) is 1. The van der Waals surface area contributed by atoms with Crippen LogP contribution in [0.1, 0.15) is 37.0 Å². The lowest BCUT2D eigenvalue weighted by atomic mass is 9.92. The number of hydrogen-bond acceptors (Lipinski definition) is 3. The van der Waals surface area contributed by atoms with Crippen molar-refractivity contribution in [3.8, 4) is 0 Å². The van der Waals surface area contributed by atoms with Gasteiger partial charge >= 0.3 is 0 Å². The molecule has 0 saturated heterocycles. The number of hydrogen-bond donors (Lipinski definition) is 3. The summed E-state index contributed by atoms with van der Waals surface area (Å²) in [6.45, 7) is 4.65. The molecule has 0 heterocycles. The van der Waals surface area contributed by atoms with E-state index in [1.807, 2.05) is 12.1 Å². The summed E-state index contributed by atoms with van der Waals surface area (Å²) in [6.07, 6.45) is 1.76. The Morgan fingerprint density at radius 3 is 2.44 bits per heavy atom. The summed E-state index contributed by atoms with van der Waals surface area (Å²) in [5.74, 6) is -0.455. The minimum atomic E-state index is -0.455. The minimum absolute atomic E-state index is 0.203. The summed E-state index contributed by atoms with van der Waals surface area (Å²) < 4.78 is 0.693. The van der Waals surface area contributed by atoms with Crippen LogP contribution in [-0.4, -0.2) is 18.0 Å². The number of primary amides is 1. The molecule has 0 aromatic heterocycles. The average molecular weight is 314 g/mol. The van der Waals surface area contributed by atoms with E-state index in [1.54, 1.807) is 6.07 Å². The highest BCUT2D eigenvalue weighted by Gasteiger charge is 2.26. The summed E-state index contributed by atoms with van der Waals surface area (Å²) in [7, 11) is 0. The first-order valence-corrected chi connectivity index (χ1v) is 6.85. The number of rotatable bonds is 6. The van der Waals surface area contributed by atoms with Gasteiger partial charge in [0.15, 0.2) is 0 Å². The molecule has 1 amide bonds. The monoisotopic (exact) mass is 313 g/mol. The zero-order valence-corrected chi connectivity index (χ0v) is 12.4. The molecule has 0 atom stereocenters. The van der Waals surface area contributed by atoms with Gasteiger partial charge in [-0.05, 0) is 40.9 Å². The summed E-state index contributed by atoms with van der Waals surface area (Å²) in [5.41, 5.74) is 12.3. The first-order valence-electron chi connectivity index (χ1n) is 6.06. The van der Waals surface area contributed by atoms with Crippen LogP contribution in [0.3, 0.4) is 0 Å². The average Bonchev–Trinajstić information content (AvgIpc) is 2.35. The Labute approximate surface area is 116 Å². The highest BCUT2D eigenvalue weighted by atomic mass is 79.9. The number of nitrogens with two attached hydrogens (primary N) is 2. The van der Waals surface area contributed by atoms with Crippen LogP contribution in [-0.2, 0) is 0 Å². The Hall–Kier alpha value is -1.07. The van der Waals surface area contributed by atoms with E-state index in [2.05, 4.69) is 35.1 Å². The number of carbonyl (C=O) groups is 1. The first kappa shape index (κ1) is 15.0. The Morgan fingerprint density at radius 1 is 1.39 bits per heavy atom. The Kier molecular flexibility index (Phi) is 5.16. The van der Waals surface area contributed by atoms with Gasteiger partial charge < -0.3 is 16.8 Å². The van der Waals surface area contributed by atoms with Gasteiger partial charge in [0.25, 0.3) is 5.91 Å². The Balaban J connectivity index is 3.18. The number of benzene rings is 1. The normalized spacial score (nSPS) is 11.3. The van der Waals surface area contributed by atoms with Crippen LogP contribution in [0.25, 0.3) is 0 Å². The third kappa shape index (κ3) is 3.03. The van der Waals surface area contributed by atoms with Gasteiger partial charge in [-0.2, -0.15) is 0 Å². The maximum Gasteiger partial charge on any atom is 0.251 e. The quantitative estimate of drug-likeness (QED) is 0.754. The Morgan fingerprint density at radius 2 is 2.00 bits per heavy atom. The van der Waals surface area contributed by atoms with Crippen molar-refractivity contribution < 1.29 is 4.79 Å². The molecule has 0 aliphatic heterocycles. The SMILES string of the molecule is CCC(CC)(CN)Nc1cccc(Br)c1C(N)=O. The van der Waals surface area contributed by atoms with E-state index < -0.39 is 5.91 Å². The highest BCUT2D eigenvalue weighted by molar-refractivity contribution is 9.10. The molecule has 0 aliphatic rings. The van der Waals surface area contributed by atoms with Crippen LogP contribution in [0, 0.1) is 0 Å². The van der Waals surface area contributed by atoms with E-state index in [4.69, 9.17) is 11.5 Å². The molecule has 0 fully saturated rings. The van der Waals surface area contributed by atoms with Crippen molar-refractivity contribution in [3.05, 3.63) is 28.2 Å². The second kappa shape index (κ2) is 6.20. The van der Waals surface area contributed by atoms with Crippen molar-refractivity contribution in [2.24, 2.45) is 11.5 Å². The van der Waals surface area contributed by atoms with Crippen molar-refractivity contribution in [3.63, 3.8) is 0 Å². The van der Waals surface area contributed by atoms with Crippen LogP contribution in [0.5, 0.6) is 0 Å². The molecule has 1 aromatic carbocycles. The van der Waals surface area contributed by atoms with Gasteiger partial charge in [0.2, 0.25) is 0 Å². The highest BCUT2D eigenvalue weighted by Crippen LogP contribution is 2.28. The number of amides is 1. The second-order valence-electron chi connectivity index (χ2n) is 4.34. The second-order valence-corrected chi connectivity index (χ2v) is 5.20. The fraction of sp³-hybridized carbons (Fsp3) is 0.462. The molecule has 5 N–H and O–H groups in total. The molecule has 0 spiro atoms. The van der Waals surface area contributed by atoms with E-state index in [1.165, 1.54) is 0 Å². The maximum atomic E-state index is 11.5. The number of anilines is 1. The van der Waals surface area contributed by atoms with Crippen molar-refractivity contribution in [2.75, 3.05) is 11.9 Å². The van der Waals surface area contributed by atoms with Crippen LogP contribution in [0.2, 0.25) is 0 Å². The minimum Gasteiger partial charge on any atom is -0.378 e. The molecule has 5 heteroatoms. The van der Waals surface area contributed by atoms with Gasteiger partial charge in [-0.15, -0.1) is 0 Å². The van der Waals surface area contributed by atoms with Crippen LogP contribution < -0.4 is 16.8 Å². The largest absolute Gasteiger partial charge is 0.378 e. The lowest BCUT2D eigenvalue weighted by Crippen LogP contribution is -2.44. The van der Waals surface area contributed by atoms with E-state index in [0.29, 0.717) is 16.6 Å². The van der Waals surface area contributed by atoms with E-state index in [-0.39, 0.29) is 5.54 Å². The van der Waals surface area contributed by atoms with Gasteiger partial charge in [-0.25, -0.2) is 0 Å². The molecule has 18 heavy (non-hydrogen) atoms. The van der Waals surface area contributed by atoms with E-state index in [0.717, 1.165) is 18.5 Å². The summed E-state index contributed by atoms with van der Waals surface area (Å²) in [4.78, 5) is 11.5. The van der Waals surface area contributed by atoms with E-state index >= 15 is 0 Å². The standard InChI is InChI=1S/C13H20BrN3O/c1-3-13(4-2,8-15)17-10-7-5-6-9(14)11(10)12(16)18/h5-7,17H,3-4,8,15H2,1-2H3,(H2,16,18). The third-order valence-corrected chi connectivity index (χ3v) is 4.06. The third-order valence-electron chi connectivity index (χ3n) is 3.40. The van der Waals surface area contributed by atoms with Crippen molar-refractivity contribution in [2.45, 2.75) is 32.2 Å². The molecule has 0 bridgehead atoms. The summed E-state index contributed by atoms with van der Waals surface area (Å²) in [6, 6.07) is 5.51. The molecular formula is C13H20BrN3O. The number of carbonyl (C=O) groups excluding carboxylic acids is 1. The molecule has 4 nitrogen and oxygen atoms in total. The molecule has 0 unspecified atom stereocenters. The predicted octanol–water partition coefficient (Wildman–Crippen LogP) is 2.48. The molecular weight excluding hydrogens is 294 g/mol. The zero-order chi connectivity index (χ0) is 13.8. The number of halogens is 1. The van der Waals surface area contributed by atoms with Crippen molar-refractivity contribution in [1.29, 1.82) is 0 Å². The summed E-state index contributed by atoms with van der Waals surface area (Å²) in [5, 5.41) is 3.38. The molecule has 100 valence electrons. The predicted molar refractivity (Wildman–Crippen MR) is 78.7 cm³/mol. The Bertz CT molecular complexity index is 422. The summed E-state index contributed by atoms with van der Waals surface area (Å²) >= 11 is 3.35. The van der Waals surface area contributed by atoms with Gasteiger partial charge in [-0.1, -0.05) is 19.9 Å². The molecule has 0 radical (unpaired) electrons. The van der Waals surface area contributed by atoms with Gasteiger partial charge in [-0.3, -0.25) is 4.79 Å². The lowest BCUT2D eigenvalue weighted by Gasteiger charge is -2.33. The zero-order valence-electron chi connectivity index (χ0n) is 10.8. The van der Waals surface area contributed by atoms with Gasteiger partial charge in [0, 0.05) is 22.2 Å².